The molecule has 12 unspecified atom stereocenters. The Kier molecular flexibility index (Phi) is 47.3. The minimum absolute atomic E-state index is 0.220. The molecule has 9 N–H and O–H groups in total. The first kappa shape index (κ1) is 74.3. The zero-order valence-electron chi connectivity index (χ0n) is 50.5. The van der Waals surface area contributed by atoms with Crippen LogP contribution in [0.25, 0.3) is 0 Å². The van der Waals surface area contributed by atoms with Gasteiger partial charge in [0.25, 0.3) is 0 Å². The summed E-state index contributed by atoms with van der Waals surface area (Å²) in [5.41, 5.74) is 0. The quantitative estimate of drug-likeness (QED) is 0.0204. The molecule has 2 aliphatic rings. The summed E-state index contributed by atoms with van der Waals surface area (Å²) < 4.78 is 22.8. The Hall–Kier alpha value is -2.83. The van der Waals surface area contributed by atoms with E-state index in [-0.39, 0.29) is 18.9 Å². The van der Waals surface area contributed by atoms with Crippen molar-refractivity contribution in [3.8, 4) is 0 Å². The fourth-order valence-electron chi connectivity index (χ4n) is 10.2. The Morgan fingerprint density at radius 1 is 0.457 bits per heavy atom. The molecule has 2 heterocycles. The van der Waals surface area contributed by atoms with E-state index in [1.165, 1.54) is 128 Å². The third-order valence-electron chi connectivity index (χ3n) is 15.4. The van der Waals surface area contributed by atoms with Crippen LogP contribution in [0.3, 0.4) is 0 Å². The molecule has 2 fully saturated rings. The highest BCUT2D eigenvalue weighted by Crippen LogP contribution is 2.30. The van der Waals surface area contributed by atoms with E-state index in [1.807, 2.05) is 0 Å². The average Bonchev–Trinajstić information content (AvgIpc) is 3.47. The molecule has 2 aliphatic heterocycles. The summed E-state index contributed by atoms with van der Waals surface area (Å²) in [6, 6.07) is -0.866. The molecule has 14 heteroatoms. The van der Waals surface area contributed by atoms with Crippen LogP contribution in [0.4, 0.5) is 0 Å². The summed E-state index contributed by atoms with van der Waals surface area (Å²) in [5, 5.41) is 87.4. The van der Waals surface area contributed by atoms with Gasteiger partial charge in [-0.3, -0.25) is 4.79 Å². The van der Waals surface area contributed by atoms with Gasteiger partial charge in [0.15, 0.2) is 12.6 Å². The maximum atomic E-state index is 13.3. The van der Waals surface area contributed by atoms with Crippen molar-refractivity contribution in [3.05, 3.63) is 85.1 Å². The SMILES string of the molecule is CC/C=C\C/C=C\C/C=C\C/C=C\C/C=C\C/C=C\C/C=C\CCCC(=O)NC(COC1OC(CO)C(OC2OC(CO)C(O)C(O)C2O)C(O)C1O)C(O)CCCCCCCCCCCCCCCCCCCCCCCCCC. The lowest BCUT2D eigenvalue weighted by Crippen LogP contribution is -2.65. The lowest BCUT2D eigenvalue weighted by atomic mass is 9.97. The molecular formula is C67H117NO13. The van der Waals surface area contributed by atoms with Crippen LogP contribution >= 0.6 is 0 Å². The summed E-state index contributed by atoms with van der Waals surface area (Å²) >= 11 is 0. The third kappa shape index (κ3) is 36.6. The largest absolute Gasteiger partial charge is 0.394 e. The summed E-state index contributed by atoms with van der Waals surface area (Å²) in [5.74, 6) is -0.265. The fourth-order valence-corrected chi connectivity index (χ4v) is 10.2. The molecule has 468 valence electrons. The second-order valence-corrected chi connectivity index (χ2v) is 22.5. The van der Waals surface area contributed by atoms with E-state index in [0.717, 1.165) is 70.6 Å². The molecule has 0 aromatic carbocycles. The van der Waals surface area contributed by atoms with Crippen molar-refractivity contribution in [1.29, 1.82) is 0 Å². The number of allylic oxidation sites excluding steroid dienone is 14. The Labute approximate surface area is 491 Å². The monoisotopic (exact) mass is 1140 g/mol. The predicted molar refractivity (Wildman–Crippen MR) is 327 cm³/mol. The summed E-state index contributed by atoms with van der Waals surface area (Å²) in [4.78, 5) is 13.3. The lowest BCUT2D eigenvalue weighted by molar-refractivity contribution is -0.359. The third-order valence-corrected chi connectivity index (χ3v) is 15.4. The summed E-state index contributed by atoms with van der Waals surface area (Å²) in [7, 11) is 0. The number of aliphatic hydroxyl groups excluding tert-OH is 8. The normalized spacial score (nSPS) is 24.7. The highest BCUT2D eigenvalue weighted by Gasteiger charge is 2.51. The van der Waals surface area contributed by atoms with Crippen molar-refractivity contribution in [2.45, 2.75) is 312 Å². The number of nitrogens with one attached hydrogen (secondary N) is 1. The lowest BCUT2D eigenvalue weighted by Gasteiger charge is -2.46. The van der Waals surface area contributed by atoms with Crippen molar-refractivity contribution in [3.63, 3.8) is 0 Å². The van der Waals surface area contributed by atoms with E-state index in [4.69, 9.17) is 18.9 Å². The van der Waals surface area contributed by atoms with Crippen LogP contribution in [0.1, 0.15) is 239 Å². The molecule has 0 radical (unpaired) electrons. The molecule has 2 saturated heterocycles. The number of hydrogen-bond donors (Lipinski definition) is 9. The first-order chi connectivity index (χ1) is 39.6. The van der Waals surface area contributed by atoms with Crippen LogP contribution in [-0.4, -0.2) is 140 Å². The number of unbranched alkanes of at least 4 members (excludes halogenated alkanes) is 24. The molecule has 0 bridgehead atoms. The standard InChI is InChI=1S/C67H117NO13/c1-3-5-7-9-11-13-15-17-19-21-23-25-27-29-30-32-34-36-38-40-42-44-46-48-50-56(71)55(54-78-66-64(77)62(75)65(58(53-70)80-66)81-67-63(76)61(74)60(73)57(52-69)79-67)68-59(72)51-49-47-45-43-41-39-37-35-33-31-28-26-24-22-20-18-16-14-12-10-8-6-4-2/h6,8,12,14,18,20,24,26,31,33,37,39,43,45,55-58,60-67,69-71,73-77H,3-5,7,9-11,13,15-17,19,21-23,25,27-30,32,34-36,38,40-42,44,46-54H2,1-2H3,(H,68,72)/b8-6-,14-12-,20-18-,26-24-,33-31-,39-37-,45-43-. The molecule has 0 aliphatic carbocycles. The molecule has 12 atom stereocenters. The number of carbonyl (C=O) groups excluding carboxylic acids is 1. The molecule has 0 aromatic rings. The zero-order chi connectivity index (χ0) is 58.8. The molecule has 14 nitrogen and oxygen atoms in total. The minimum Gasteiger partial charge on any atom is -0.394 e. The Morgan fingerprint density at radius 2 is 0.840 bits per heavy atom. The first-order valence-corrected chi connectivity index (χ1v) is 32.3. The number of ether oxygens (including phenoxy) is 4. The van der Waals surface area contributed by atoms with Gasteiger partial charge in [-0.05, 0) is 64.2 Å². The van der Waals surface area contributed by atoms with Crippen LogP contribution < -0.4 is 5.32 Å². The van der Waals surface area contributed by atoms with Gasteiger partial charge in [0.05, 0.1) is 32.0 Å². The number of hydrogen-bond acceptors (Lipinski definition) is 13. The van der Waals surface area contributed by atoms with Gasteiger partial charge in [0, 0.05) is 6.42 Å². The molecule has 0 saturated carbocycles. The van der Waals surface area contributed by atoms with Crippen molar-refractivity contribution in [2.75, 3.05) is 19.8 Å². The van der Waals surface area contributed by atoms with Gasteiger partial charge in [-0.1, -0.05) is 253 Å². The second-order valence-electron chi connectivity index (χ2n) is 22.5. The predicted octanol–water partition coefficient (Wildman–Crippen LogP) is 12.1. The van der Waals surface area contributed by atoms with Crippen molar-refractivity contribution in [2.24, 2.45) is 0 Å². The van der Waals surface area contributed by atoms with Crippen LogP contribution in [0.15, 0.2) is 85.1 Å². The van der Waals surface area contributed by atoms with Crippen molar-refractivity contribution in [1.82, 2.24) is 5.32 Å². The molecule has 0 spiro atoms. The maximum absolute atomic E-state index is 13.3. The van der Waals surface area contributed by atoms with E-state index in [9.17, 15) is 45.6 Å². The van der Waals surface area contributed by atoms with Crippen molar-refractivity contribution < 1.29 is 64.6 Å². The van der Waals surface area contributed by atoms with Gasteiger partial charge in [0.1, 0.15) is 48.8 Å². The summed E-state index contributed by atoms with van der Waals surface area (Å²) in [6.07, 6.45) is 53.0. The molecule has 0 aromatic heterocycles. The number of carbonyl (C=O) groups is 1. The maximum Gasteiger partial charge on any atom is 0.220 e. The zero-order valence-corrected chi connectivity index (χ0v) is 50.5. The van der Waals surface area contributed by atoms with E-state index in [2.05, 4.69) is 104 Å². The van der Waals surface area contributed by atoms with Gasteiger partial charge in [-0.15, -0.1) is 0 Å². The molecule has 81 heavy (non-hydrogen) atoms. The number of amides is 1. The van der Waals surface area contributed by atoms with Crippen molar-refractivity contribution >= 4 is 5.91 Å². The molecule has 1 amide bonds. The van der Waals surface area contributed by atoms with Gasteiger partial charge in [-0.2, -0.15) is 0 Å². The van der Waals surface area contributed by atoms with Crippen LogP contribution in [0, 0.1) is 0 Å². The Balaban J connectivity index is 1.75. The topological polar surface area (TPSA) is 228 Å². The Morgan fingerprint density at radius 3 is 1.26 bits per heavy atom. The van der Waals surface area contributed by atoms with Crippen LogP contribution in [-0.2, 0) is 23.7 Å². The minimum atomic E-state index is -1.79. The van der Waals surface area contributed by atoms with Gasteiger partial charge >= 0.3 is 0 Å². The van der Waals surface area contributed by atoms with Gasteiger partial charge < -0.3 is 65.1 Å². The van der Waals surface area contributed by atoms with E-state index in [0.29, 0.717) is 19.3 Å². The fraction of sp³-hybridized carbons (Fsp3) is 0.776. The molecular weight excluding hydrogens is 1030 g/mol. The number of aliphatic hydroxyl groups is 8. The highest BCUT2D eigenvalue weighted by atomic mass is 16.7. The average molecular weight is 1140 g/mol. The smallest absolute Gasteiger partial charge is 0.220 e. The second kappa shape index (κ2) is 51.6. The van der Waals surface area contributed by atoms with E-state index >= 15 is 0 Å². The van der Waals surface area contributed by atoms with Crippen LogP contribution in [0.5, 0.6) is 0 Å². The summed E-state index contributed by atoms with van der Waals surface area (Å²) in [6.45, 7) is 2.72. The number of rotatable bonds is 51. The Bertz CT molecular complexity index is 1680. The van der Waals surface area contributed by atoms with E-state index in [1.54, 1.807) is 0 Å². The molecule has 2 rings (SSSR count). The first-order valence-electron chi connectivity index (χ1n) is 32.3. The van der Waals surface area contributed by atoms with Gasteiger partial charge in [0.2, 0.25) is 5.91 Å². The van der Waals surface area contributed by atoms with Gasteiger partial charge in [-0.25, -0.2) is 0 Å². The highest BCUT2D eigenvalue weighted by molar-refractivity contribution is 5.76. The van der Waals surface area contributed by atoms with Crippen LogP contribution in [0.2, 0.25) is 0 Å². The van der Waals surface area contributed by atoms with E-state index < -0.39 is 86.8 Å².